The molecular formula is C17H22N2O. The van der Waals surface area contributed by atoms with Gasteiger partial charge in [0.2, 0.25) is 0 Å². The van der Waals surface area contributed by atoms with Crippen LogP contribution in [0.25, 0.3) is 10.9 Å². The van der Waals surface area contributed by atoms with Crippen molar-refractivity contribution in [3.05, 3.63) is 36.0 Å². The zero-order chi connectivity index (χ0) is 13.9. The Morgan fingerprint density at radius 2 is 2.00 bits per heavy atom. The minimum absolute atomic E-state index is 0.201. The summed E-state index contributed by atoms with van der Waals surface area (Å²) in [5.74, 6) is 0.201. The lowest BCUT2D eigenvalue weighted by molar-refractivity contribution is 0.0986. The van der Waals surface area contributed by atoms with E-state index >= 15 is 0 Å². The second kappa shape index (κ2) is 5.80. The molecule has 1 aliphatic carbocycles. The molecule has 0 atom stereocenters. The first-order chi connectivity index (χ1) is 9.75. The SMILES string of the molecule is Cn1cc(C(=O)CNC2CCCCC2)c2ccccc21. The van der Waals surface area contributed by atoms with Crippen LogP contribution in [0.1, 0.15) is 42.5 Å². The van der Waals surface area contributed by atoms with Crippen LogP contribution in [0.15, 0.2) is 30.5 Å². The maximum atomic E-state index is 12.4. The first-order valence-corrected chi connectivity index (χ1v) is 7.56. The van der Waals surface area contributed by atoms with Crippen LogP contribution in [0, 0.1) is 0 Å². The van der Waals surface area contributed by atoms with E-state index in [9.17, 15) is 4.79 Å². The minimum Gasteiger partial charge on any atom is -0.350 e. The van der Waals surface area contributed by atoms with Crippen LogP contribution in [0.2, 0.25) is 0 Å². The molecule has 3 rings (SSSR count). The Bertz CT molecular complexity index is 608. The average molecular weight is 270 g/mol. The average Bonchev–Trinajstić information content (AvgIpc) is 2.84. The molecular weight excluding hydrogens is 248 g/mol. The zero-order valence-electron chi connectivity index (χ0n) is 12.1. The van der Waals surface area contributed by atoms with E-state index in [2.05, 4.69) is 11.4 Å². The predicted octanol–water partition coefficient (Wildman–Crippen LogP) is 3.28. The molecule has 0 bridgehead atoms. The molecule has 1 saturated carbocycles. The highest BCUT2D eigenvalue weighted by atomic mass is 16.1. The number of nitrogens with zero attached hydrogens (tertiary/aromatic N) is 1. The molecule has 1 heterocycles. The number of carbonyl (C=O) groups is 1. The van der Waals surface area contributed by atoms with Gasteiger partial charge in [0, 0.05) is 35.8 Å². The van der Waals surface area contributed by atoms with Gasteiger partial charge in [-0.15, -0.1) is 0 Å². The quantitative estimate of drug-likeness (QED) is 0.865. The van der Waals surface area contributed by atoms with Gasteiger partial charge in [-0.2, -0.15) is 0 Å². The Labute approximate surface area is 120 Å². The van der Waals surface area contributed by atoms with Crippen molar-refractivity contribution in [3.63, 3.8) is 0 Å². The summed E-state index contributed by atoms with van der Waals surface area (Å²) < 4.78 is 2.03. The molecule has 0 spiro atoms. The van der Waals surface area contributed by atoms with Crippen molar-refractivity contribution >= 4 is 16.7 Å². The molecule has 1 aromatic carbocycles. The summed E-state index contributed by atoms with van der Waals surface area (Å²) in [6.45, 7) is 0.457. The van der Waals surface area contributed by atoms with Crippen molar-refractivity contribution in [1.29, 1.82) is 0 Å². The number of para-hydroxylation sites is 1. The monoisotopic (exact) mass is 270 g/mol. The molecule has 2 aromatic rings. The second-order valence-corrected chi connectivity index (χ2v) is 5.81. The summed E-state index contributed by atoms with van der Waals surface area (Å²) in [5.41, 5.74) is 1.96. The fourth-order valence-corrected chi connectivity index (χ4v) is 3.20. The maximum Gasteiger partial charge on any atom is 0.178 e. The molecule has 3 nitrogen and oxygen atoms in total. The van der Waals surface area contributed by atoms with Crippen LogP contribution in [0.3, 0.4) is 0 Å². The van der Waals surface area contributed by atoms with Gasteiger partial charge in [0.05, 0.1) is 6.54 Å². The first kappa shape index (κ1) is 13.4. The van der Waals surface area contributed by atoms with Gasteiger partial charge in [-0.25, -0.2) is 0 Å². The third-order valence-corrected chi connectivity index (χ3v) is 4.35. The Morgan fingerprint density at radius 1 is 1.25 bits per heavy atom. The molecule has 0 saturated heterocycles. The van der Waals surface area contributed by atoms with Gasteiger partial charge in [0.1, 0.15) is 0 Å². The third kappa shape index (κ3) is 2.63. The fourth-order valence-electron chi connectivity index (χ4n) is 3.20. The maximum absolute atomic E-state index is 12.4. The number of Topliss-reactive ketones (excluding diaryl/α,β-unsaturated/α-hetero) is 1. The normalized spacial score (nSPS) is 16.6. The molecule has 1 aliphatic rings. The van der Waals surface area contributed by atoms with E-state index in [4.69, 9.17) is 0 Å². The van der Waals surface area contributed by atoms with Gasteiger partial charge in [-0.05, 0) is 18.9 Å². The number of benzene rings is 1. The Balaban J connectivity index is 1.72. The third-order valence-electron chi connectivity index (χ3n) is 4.35. The molecule has 1 aromatic heterocycles. The number of hydrogen-bond acceptors (Lipinski definition) is 2. The Hall–Kier alpha value is -1.61. The molecule has 20 heavy (non-hydrogen) atoms. The fraction of sp³-hybridized carbons (Fsp3) is 0.471. The van der Waals surface area contributed by atoms with Crippen LogP contribution in [-0.4, -0.2) is 22.9 Å². The van der Waals surface area contributed by atoms with Gasteiger partial charge in [0.25, 0.3) is 0 Å². The summed E-state index contributed by atoms with van der Waals surface area (Å²) in [4.78, 5) is 12.4. The minimum atomic E-state index is 0.201. The zero-order valence-corrected chi connectivity index (χ0v) is 12.1. The number of rotatable bonds is 4. The summed E-state index contributed by atoms with van der Waals surface area (Å²) in [6, 6.07) is 8.62. The van der Waals surface area contributed by atoms with Crippen molar-refractivity contribution in [1.82, 2.24) is 9.88 Å². The largest absolute Gasteiger partial charge is 0.350 e. The van der Waals surface area contributed by atoms with Gasteiger partial charge in [-0.3, -0.25) is 4.79 Å². The standard InChI is InChI=1S/C17H22N2O/c1-19-12-15(14-9-5-6-10-16(14)19)17(20)11-18-13-7-3-2-4-8-13/h5-6,9-10,12-13,18H,2-4,7-8,11H2,1H3. The Kier molecular flexibility index (Phi) is 3.88. The number of fused-ring (bicyclic) bond motifs is 1. The van der Waals surface area contributed by atoms with Gasteiger partial charge < -0.3 is 9.88 Å². The van der Waals surface area contributed by atoms with E-state index < -0.39 is 0 Å². The summed E-state index contributed by atoms with van der Waals surface area (Å²) in [6.07, 6.45) is 8.30. The summed E-state index contributed by atoms with van der Waals surface area (Å²) in [7, 11) is 1.99. The van der Waals surface area contributed by atoms with Crippen LogP contribution in [0.4, 0.5) is 0 Å². The van der Waals surface area contributed by atoms with Crippen molar-refractivity contribution in [2.45, 2.75) is 38.1 Å². The molecule has 0 aliphatic heterocycles. The van der Waals surface area contributed by atoms with Gasteiger partial charge in [0.15, 0.2) is 5.78 Å². The lowest BCUT2D eigenvalue weighted by Gasteiger charge is -2.22. The number of hydrogen-bond donors (Lipinski definition) is 1. The van der Waals surface area contributed by atoms with Crippen LogP contribution < -0.4 is 5.32 Å². The smallest absolute Gasteiger partial charge is 0.178 e. The number of ketones is 1. The van der Waals surface area contributed by atoms with Crippen LogP contribution >= 0.6 is 0 Å². The van der Waals surface area contributed by atoms with Crippen LogP contribution in [0.5, 0.6) is 0 Å². The number of nitrogens with one attached hydrogen (secondary N) is 1. The molecule has 106 valence electrons. The van der Waals surface area contributed by atoms with E-state index in [-0.39, 0.29) is 5.78 Å². The predicted molar refractivity (Wildman–Crippen MR) is 82.1 cm³/mol. The van der Waals surface area contributed by atoms with Crippen molar-refractivity contribution < 1.29 is 4.79 Å². The molecule has 1 N–H and O–H groups in total. The Morgan fingerprint density at radius 3 is 2.80 bits per heavy atom. The lowest BCUT2D eigenvalue weighted by Crippen LogP contribution is -2.35. The topological polar surface area (TPSA) is 34.0 Å². The second-order valence-electron chi connectivity index (χ2n) is 5.81. The number of aromatic nitrogens is 1. The van der Waals surface area contributed by atoms with Crippen LogP contribution in [-0.2, 0) is 7.05 Å². The van der Waals surface area contributed by atoms with Gasteiger partial charge >= 0.3 is 0 Å². The van der Waals surface area contributed by atoms with Gasteiger partial charge in [-0.1, -0.05) is 37.5 Å². The van der Waals surface area contributed by atoms with Crippen molar-refractivity contribution in [3.8, 4) is 0 Å². The number of aryl methyl sites for hydroxylation is 1. The molecule has 0 unspecified atom stereocenters. The van der Waals surface area contributed by atoms with E-state index in [1.807, 2.05) is 36.0 Å². The highest BCUT2D eigenvalue weighted by Gasteiger charge is 2.17. The van der Waals surface area contributed by atoms with E-state index in [0.717, 1.165) is 16.5 Å². The highest BCUT2D eigenvalue weighted by Crippen LogP contribution is 2.21. The molecule has 1 fully saturated rings. The summed E-state index contributed by atoms with van der Waals surface area (Å²) >= 11 is 0. The van der Waals surface area contributed by atoms with Crippen molar-refractivity contribution in [2.24, 2.45) is 7.05 Å². The van der Waals surface area contributed by atoms with E-state index in [1.165, 1.54) is 32.1 Å². The van der Waals surface area contributed by atoms with E-state index in [0.29, 0.717) is 12.6 Å². The summed E-state index contributed by atoms with van der Waals surface area (Å²) in [5, 5.41) is 4.50. The first-order valence-electron chi connectivity index (χ1n) is 7.56. The lowest BCUT2D eigenvalue weighted by atomic mass is 9.95. The number of carbonyl (C=O) groups excluding carboxylic acids is 1. The van der Waals surface area contributed by atoms with E-state index in [1.54, 1.807) is 0 Å². The molecule has 3 heteroatoms. The molecule has 0 radical (unpaired) electrons. The highest BCUT2D eigenvalue weighted by molar-refractivity contribution is 6.09. The van der Waals surface area contributed by atoms with Crippen molar-refractivity contribution in [2.75, 3.05) is 6.54 Å². The molecule has 0 amide bonds.